The van der Waals surface area contributed by atoms with E-state index in [1.807, 2.05) is 38.3 Å². The SMILES string of the molecule is COc1[c]c(OC)cc(-c2csc(CN(C)C(=O)OC(C)(C)C)n2)c1. The minimum atomic E-state index is -0.521. The molecule has 1 aromatic carbocycles. The van der Waals surface area contributed by atoms with Crippen molar-refractivity contribution in [2.75, 3.05) is 21.3 Å². The second-order valence-corrected chi connectivity index (χ2v) is 7.41. The molecule has 2 aromatic rings. The molecule has 0 saturated heterocycles. The Kier molecular flexibility index (Phi) is 5.89. The smallest absolute Gasteiger partial charge is 0.410 e. The van der Waals surface area contributed by atoms with E-state index in [-0.39, 0.29) is 6.09 Å². The fourth-order valence-corrected chi connectivity index (χ4v) is 2.86. The lowest BCUT2D eigenvalue weighted by Crippen LogP contribution is -2.33. The van der Waals surface area contributed by atoms with Crippen molar-refractivity contribution in [3.63, 3.8) is 0 Å². The molecule has 0 spiro atoms. The maximum atomic E-state index is 12.1. The molecule has 0 aliphatic rings. The van der Waals surface area contributed by atoms with Crippen LogP contribution in [0.15, 0.2) is 17.5 Å². The second-order valence-electron chi connectivity index (χ2n) is 6.47. The molecule has 0 fully saturated rings. The zero-order valence-corrected chi connectivity index (χ0v) is 16.2. The van der Waals surface area contributed by atoms with Crippen molar-refractivity contribution in [1.82, 2.24) is 9.88 Å². The van der Waals surface area contributed by atoms with Crippen LogP contribution < -0.4 is 9.47 Å². The highest BCUT2D eigenvalue weighted by Crippen LogP contribution is 2.30. The number of amides is 1. The summed E-state index contributed by atoms with van der Waals surface area (Å²) in [6.07, 6.45) is -0.373. The molecule has 0 aliphatic heterocycles. The van der Waals surface area contributed by atoms with Gasteiger partial charge >= 0.3 is 6.09 Å². The van der Waals surface area contributed by atoms with Crippen molar-refractivity contribution in [2.24, 2.45) is 0 Å². The topological polar surface area (TPSA) is 60.9 Å². The fourth-order valence-electron chi connectivity index (χ4n) is 2.01. The largest absolute Gasteiger partial charge is 0.496 e. The summed E-state index contributed by atoms with van der Waals surface area (Å²) in [6.45, 7) is 5.90. The van der Waals surface area contributed by atoms with Gasteiger partial charge in [-0.2, -0.15) is 0 Å². The first-order valence-corrected chi connectivity index (χ1v) is 8.64. The Hall–Kier alpha value is -2.28. The summed E-state index contributed by atoms with van der Waals surface area (Å²) >= 11 is 1.48. The molecule has 6 nitrogen and oxygen atoms in total. The number of benzene rings is 1. The molecule has 0 atom stereocenters. The average Bonchev–Trinajstić information content (AvgIpc) is 3.01. The number of ether oxygens (including phenoxy) is 3. The van der Waals surface area contributed by atoms with E-state index < -0.39 is 5.60 Å². The number of carbonyl (C=O) groups is 1. The lowest BCUT2D eigenvalue weighted by atomic mass is 10.1. The van der Waals surface area contributed by atoms with Crippen LogP contribution in [0.25, 0.3) is 11.3 Å². The van der Waals surface area contributed by atoms with Crippen molar-refractivity contribution in [1.29, 1.82) is 0 Å². The quantitative estimate of drug-likeness (QED) is 0.804. The molecule has 7 heteroatoms. The van der Waals surface area contributed by atoms with Crippen LogP contribution in [0, 0.1) is 6.07 Å². The van der Waals surface area contributed by atoms with Crippen LogP contribution in [0.3, 0.4) is 0 Å². The summed E-state index contributed by atoms with van der Waals surface area (Å²) in [5.74, 6) is 1.16. The number of aromatic nitrogens is 1. The third kappa shape index (κ3) is 5.35. The van der Waals surface area contributed by atoms with Gasteiger partial charge < -0.3 is 19.1 Å². The Morgan fingerprint density at radius 3 is 2.36 bits per heavy atom. The Morgan fingerprint density at radius 2 is 1.84 bits per heavy atom. The predicted octanol–water partition coefficient (Wildman–Crippen LogP) is 3.99. The summed E-state index contributed by atoms with van der Waals surface area (Å²) in [4.78, 5) is 18.2. The molecule has 1 aromatic heterocycles. The van der Waals surface area contributed by atoms with Crippen molar-refractivity contribution in [3.05, 3.63) is 28.6 Å². The highest BCUT2D eigenvalue weighted by Gasteiger charge is 2.20. The van der Waals surface area contributed by atoms with Gasteiger partial charge in [0.05, 0.1) is 32.5 Å². The van der Waals surface area contributed by atoms with Gasteiger partial charge in [0.1, 0.15) is 22.1 Å². The number of hydrogen-bond acceptors (Lipinski definition) is 6. The maximum absolute atomic E-state index is 12.1. The van der Waals surface area contributed by atoms with Gasteiger partial charge in [0.15, 0.2) is 0 Å². The van der Waals surface area contributed by atoms with Crippen LogP contribution >= 0.6 is 11.3 Å². The Morgan fingerprint density at radius 1 is 1.24 bits per heavy atom. The van der Waals surface area contributed by atoms with E-state index in [1.54, 1.807) is 21.3 Å². The first-order valence-electron chi connectivity index (χ1n) is 7.76. The normalized spacial score (nSPS) is 11.1. The number of nitrogens with zero attached hydrogens (tertiary/aromatic N) is 2. The molecule has 0 saturated carbocycles. The maximum Gasteiger partial charge on any atom is 0.410 e. The zero-order valence-electron chi connectivity index (χ0n) is 15.4. The van der Waals surface area contributed by atoms with Gasteiger partial charge in [0, 0.05) is 18.0 Å². The minimum Gasteiger partial charge on any atom is -0.496 e. The van der Waals surface area contributed by atoms with E-state index in [4.69, 9.17) is 14.2 Å². The highest BCUT2D eigenvalue weighted by atomic mass is 32.1. The van der Waals surface area contributed by atoms with Crippen LogP contribution in [0.5, 0.6) is 11.5 Å². The first kappa shape index (κ1) is 19.1. The van der Waals surface area contributed by atoms with Gasteiger partial charge in [-0.15, -0.1) is 11.3 Å². The second kappa shape index (κ2) is 7.74. The molecule has 0 unspecified atom stereocenters. The van der Waals surface area contributed by atoms with Gasteiger partial charge in [-0.25, -0.2) is 9.78 Å². The lowest BCUT2D eigenvalue weighted by Gasteiger charge is -2.24. The molecule has 1 amide bonds. The van der Waals surface area contributed by atoms with Crippen LogP contribution in [0.4, 0.5) is 4.79 Å². The number of methoxy groups -OCH3 is 2. The Bertz CT molecular complexity index is 715. The summed E-state index contributed by atoms with van der Waals surface area (Å²) in [7, 11) is 4.85. The van der Waals surface area contributed by atoms with Crippen molar-refractivity contribution in [2.45, 2.75) is 32.9 Å². The van der Waals surface area contributed by atoms with Crippen molar-refractivity contribution < 1.29 is 19.0 Å². The van der Waals surface area contributed by atoms with E-state index in [0.717, 1.165) is 16.3 Å². The fraction of sp³-hybridized carbons (Fsp3) is 0.444. The highest BCUT2D eigenvalue weighted by molar-refractivity contribution is 7.09. The van der Waals surface area contributed by atoms with Gasteiger partial charge in [-0.1, -0.05) is 0 Å². The summed E-state index contributed by atoms with van der Waals surface area (Å²) in [5, 5.41) is 2.75. The Labute approximate surface area is 152 Å². The molecular formula is C18H23N2O4S. The molecule has 0 N–H and O–H groups in total. The van der Waals surface area contributed by atoms with E-state index in [9.17, 15) is 4.79 Å². The van der Waals surface area contributed by atoms with Gasteiger partial charge in [-0.05, 0) is 32.9 Å². The Balaban J connectivity index is 2.13. The summed E-state index contributed by atoms with van der Waals surface area (Å²) in [6, 6.07) is 6.68. The van der Waals surface area contributed by atoms with E-state index in [2.05, 4.69) is 11.1 Å². The standard InChI is InChI=1S/C18H23N2O4S/c1-18(2,3)24-17(21)20(4)10-16-19-15(11-25-16)12-7-13(22-5)9-14(8-12)23-6/h7-8,11H,10H2,1-6H3. The van der Waals surface area contributed by atoms with Gasteiger partial charge in [0.25, 0.3) is 0 Å². The van der Waals surface area contributed by atoms with Crippen LogP contribution in [0.1, 0.15) is 25.8 Å². The molecule has 0 bridgehead atoms. The van der Waals surface area contributed by atoms with Crippen molar-refractivity contribution >= 4 is 17.4 Å². The lowest BCUT2D eigenvalue weighted by molar-refractivity contribution is 0.0285. The third-order valence-corrected chi connectivity index (χ3v) is 4.02. The number of hydrogen-bond donors (Lipinski definition) is 0. The summed E-state index contributed by atoms with van der Waals surface area (Å²) < 4.78 is 15.8. The van der Waals surface area contributed by atoms with Crippen molar-refractivity contribution in [3.8, 4) is 22.8 Å². The third-order valence-electron chi connectivity index (χ3n) is 3.18. The molecule has 2 rings (SSSR count). The number of rotatable bonds is 5. The number of thiazole rings is 1. The number of carbonyl (C=O) groups excluding carboxylic acids is 1. The first-order chi connectivity index (χ1) is 11.7. The minimum absolute atomic E-state index is 0.373. The van der Waals surface area contributed by atoms with Gasteiger partial charge in [0.2, 0.25) is 0 Å². The van der Waals surface area contributed by atoms with Crippen LogP contribution in [-0.4, -0.2) is 42.8 Å². The monoisotopic (exact) mass is 363 g/mol. The molecular weight excluding hydrogens is 340 g/mol. The van der Waals surface area contributed by atoms with Crippen LogP contribution in [0.2, 0.25) is 0 Å². The molecule has 25 heavy (non-hydrogen) atoms. The zero-order chi connectivity index (χ0) is 18.6. The van der Waals surface area contributed by atoms with E-state index in [1.165, 1.54) is 16.2 Å². The molecule has 1 heterocycles. The molecule has 135 valence electrons. The van der Waals surface area contributed by atoms with E-state index in [0.29, 0.717) is 18.0 Å². The molecule has 1 radical (unpaired) electrons. The molecule has 0 aliphatic carbocycles. The predicted molar refractivity (Wildman–Crippen MR) is 97.2 cm³/mol. The van der Waals surface area contributed by atoms with Crippen LogP contribution in [-0.2, 0) is 11.3 Å². The van der Waals surface area contributed by atoms with E-state index >= 15 is 0 Å². The average molecular weight is 363 g/mol. The van der Waals surface area contributed by atoms with Gasteiger partial charge in [-0.3, -0.25) is 0 Å². The summed E-state index contributed by atoms with van der Waals surface area (Å²) in [5.41, 5.74) is 1.14.